The zero-order chi connectivity index (χ0) is 26.5. The number of unbranched alkanes of at least 4 members (excludes halogenated alkanes) is 8. The summed E-state index contributed by atoms with van der Waals surface area (Å²) in [5.74, 6) is 1.28. The second-order valence-electron chi connectivity index (χ2n) is 12.0. The number of esters is 2. The van der Waals surface area contributed by atoms with Crippen LogP contribution >= 0.6 is 0 Å². The number of hydrogen-bond donors (Lipinski definition) is 0. The largest absolute Gasteiger partial charge is 0.466 e. The van der Waals surface area contributed by atoms with Crippen LogP contribution in [0.4, 0.5) is 0 Å². The van der Waals surface area contributed by atoms with Crippen molar-refractivity contribution in [1.82, 2.24) is 4.90 Å². The third-order valence-electron chi connectivity index (χ3n) is 6.50. The van der Waals surface area contributed by atoms with Gasteiger partial charge in [-0.2, -0.15) is 0 Å². The van der Waals surface area contributed by atoms with Gasteiger partial charge in [0.15, 0.2) is 0 Å². The van der Waals surface area contributed by atoms with E-state index in [0.29, 0.717) is 39.1 Å². The molecule has 0 fully saturated rings. The average molecular weight is 498 g/mol. The van der Waals surface area contributed by atoms with E-state index in [1.807, 2.05) is 0 Å². The Labute approximate surface area is 218 Å². The summed E-state index contributed by atoms with van der Waals surface area (Å²) in [6, 6.07) is 0. The summed E-state index contributed by atoms with van der Waals surface area (Å²) >= 11 is 0. The minimum atomic E-state index is -0.143. The summed E-state index contributed by atoms with van der Waals surface area (Å²) in [5, 5.41) is 0. The first-order chi connectivity index (χ1) is 16.5. The maximum absolute atomic E-state index is 12.2. The average Bonchev–Trinajstić information content (AvgIpc) is 2.75. The van der Waals surface area contributed by atoms with Crippen molar-refractivity contribution in [3.05, 3.63) is 0 Å². The smallest absolute Gasteiger partial charge is 0.307 e. The first-order valence-electron chi connectivity index (χ1n) is 14.6. The predicted molar refractivity (Wildman–Crippen MR) is 148 cm³/mol. The van der Waals surface area contributed by atoms with Crippen molar-refractivity contribution in [2.24, 2.45) is 11.8 Å². The fraction of sp³-hybridized carbons (Fsp3) is 0.933. The zero-order valence-corrected chi connectivity index (χ0v) is 24.5. The molecule has 0 radical (unpaired) electrons. The highest BCUT2D eigenvalue weighted by molar-refractivity contribution is 5.70. The standard InChI is InChI=1S/C30H59NO4/c1-26(2)18-14-10-8-12-16-24-34-28(32)20-22-31(30(5,6)7)23-21-29(33)35-25-17-13-9-11-15-19-27(3)4/h26-27H,8-25H2,1-7H3. The van der Waals surface area contributed by atoms with Gasteiger partial charge in [-0.3, -0.25) is 14.5 Å². The molecule has 0 aliphatic rings. The van der Waals surface area contributed by atoms with Crippen LogP contribution < -0.4 is 0 Å². The number of rotatable bonds is 22. The lowest BCUT2D eigenvalue weighted by molar-refractivity contribution is -0.144. The van der Waals surface area contributed by atoms with Gasteiger partial charge in [-0.05, 0) is 45.4 Å². The van der Waals surface area contributed by atoms with Gasteiger partial charge in [-0.15, -0.1) is 0 Å². The Hall–Kier alpha value is -1.10. The highest BCUT2D eigenvalue weighted by Gasteiger charge is 2.23. The van der Waals surface area contributed by atoms with Crippen LogP contribution in [0, 0.1) is 11.8 Å². The van der Waals surface area contributed by atoms with Gasteiger partial charge in [0.25, 0.3) is 0 Å². The van der Waals surface area contributed by atoms with E-state index >= 15 is 0 Å². The van der Waals surface area contributed by atoms with Crippen molar-refractivity contribution >= 4 is 11.9 Å². The Morgan fingerprint density at radius 1 is 0.600 bits per heavy atom. The lowest BCUT2D eigenvalue weighted by Gasteiger charge is -2.35. The van der Waals surface area contributed by atoms with Crippen LogP contribution in [-0.4, -0.2) is 48.7 Å². The zero-order valence-electron chi connectivity index (χ0n) is 24.5. The van der Waals surface area contributed by atoms with Gasteiger partial charge in [0.05, 0.1) is 26.1 Å². The molecule has 35 heavy (non-hydrogen) atoms. The molecular formula is C30H59NO4. The SMILES string of the molecule is CC(C)CCCCCCCOC(=O)CCN(CCC(=O)OCCCCCCCC(C)C)C(C)(C)C. The van der Waals surface area contributed by atoms with Crippen molar-refractivity contribution in [2.75, 3.05) is 26.3 Å². The monoisotopic (exact) mass is 497 g/mol. The molecule has 208 valence electrons. The molecule has 0 N–H and O–H groups in total. The predicted octanol–water partition coefficient (Wildman–Crippen LogP) is 7.95. The summed E-state index contributed by atoms with van der Waals surface area (Å²) in [7, 11) is 0. The van der Waals surface area contributed by atoms with Crippen LogP contribution in [0.25, 0.3) is 0 Å². The summed E-state index contributed by atoms with van der Waals surface area (Å²) in [6.45, 7) is 17.6. The maximum Gasteiger partial charge on any atom is 0.307 e. The minimum Gasteiger partial charge on any atom is -0.466 e. The molecule has 0 aliphatic heterocycles. The first kappa shape index (κ1) is 33.9. The highest BCUT2D eigenvalue weighted by atomic mass is 16.5. The van der Waals surface area contributed by atoms with Crippen LogP contribution in [0.5, 0.6) is 0 Å². The Bertz CT molecular complexity index is 485. The number of ether oxygens (including phenoxy) is 2. The Morgan fingerprint density at radius 2 is 0.943 bits per heavy atom. The van der Waals surface area contributed by atoms with E-state index in [2.05, 4.69) is 53.4 Å². The fourth-order valence-corrected chi connectivity index (χ4v) is 4.12. The molecular weight excluding hydrogens is 438 g/mol. The van der Waals surface area contributed by atoms with E-state index in [4.69, 9.17) is 9.47 Å². The molecule has 0 saturated heterocycles. The summed E-state index contributed by atoms with van der Waals surface area (Å²) in [6.07, 6.45) is 15.0. The molecule has 5 nitrogen and oxygen atoms in total. The summed E-state index contributed by atoms with van der Waals surface area (Å²) in [5.41, 5.74) is -0.119. The second-order valence-corrected chi connectivity index (χ2v) is 12.0. The molecule has 0 saturated carbocycles. The molecule has 0 bridgehead atoms. The molecule has 0 aromatic heterocycles. The fourth-order valence-electron chi connectivity index (χ4n) is 4.12. The third kappa shape index (κ3) is 23.1. The Balaban J connectivity index is 3.93. The molecule has 0 atom stereocenters. The van der Waals surface area contributed by atoms with Crippen molar-refractivity contribution in [2.45, 2.75) is 144 Å². The normalized spacial score (nSPS) is 12.1. The van der Waals surface area contributed by atoms with E-state index in [1.165, 1.54) is 51.4 Å². The molecule has 0 aliphatic carbocycles. The lowest BCUT2D eigenvalue weighted by Crippen LogP contribution is -2.43. The molecule has 0 heterocycles. The lowest BCUT2D eigenvalue weighted by atomic mass is 10.0. The first-order valence-corrected chi connectivity index (χ1v) is 14.6. The number of carbonyl (C=O) groups excluding carboxylic acids is 2. The van der Waals surface area contributed by atoms with Crippen LogP contribution in [0.15, 0.2) is 0 Å². The minimum absolute atomic E-state index is 0.119. The molecule has 0 aromatic carbocycles. The van der Waals surface area contributed by atoms with Crippen molar-refractivity contribution < 1.29 is 19.1 Å². The van der Waals surface area contributed by atoms with Gasteiger partial charge in [0, 0.05) is 18.6 Å². The van der Waals surface area contributed by atoms with Crippen molar-refractivity contribution in [1.29, 1.82) is 0 Å². The van der Waals surface area contributed by atoms with Gasteiger partial charge in [0.2, 0.25) is 0 Å². The van der Waals surface area contributed by atoms with Crippen LogP contribution in [-0.2, 0) is 19.1 Å². The van der Waals surface area contributed by atoms with E-state index in [0.717, 1.165) is 37.5 Å². The molecule has 0 rings (SSSR count). The van der Waals surface area contributed by atoms with Crippen LogP contribution in [0.3, 0.4) is 0 Å². The molecule has 0 spiro atoms. The Morgan fingerprint density at radius 3 is 1.29 bits per heavy atom. The van der Waals surface area contributed by atoms with E-state index in [1.54, 1.807) is 0 Å². The van der Waals surface area contributed by atoms with Gasteiger partial charge < -0.3 is 9.47 Å². The topological polar surface area (TPSA) is 55.8 Å². The molecule has 0 amide bonds. The van der Waals surface area contributed by atoms with Crippen LogP contribution in [0.2, 0.25) is 0 Å². The van der Waals surface area contributed by atoms with Crippen molar-refractivity contribution in [3.8, 4) is 0 Å². The van der Waals surface area contributed by atoms with Gasteiger partial charge in [-0.1, -0.05) is 91.9 Å². The molecule has 0 unspecified atom stereocenters. The maximum atomic E-state index is 12.2. The van der Waals surface area contributed by atoms with E-state index < -0.39 is 0 Å². The highest BCUT2D eigenvalue weighted by Crippen LogP contribution is 2.15. The van der Waals surface area contributed by atoms with Gasteiger partial charge in [0.1, 0.15) is 0 Å². The molecule has 0 aromatic rings. The number of nitrogens with zero attached hydrogens (tertiary/aromatic N) is 1. The van der Waals surface area contributed by atoms with Crippen molar-refractivity contribution in [3.63, 3.8) is 0 Å². The Kier molecular flexibility index (Phi) is 20.4. The van der Waals surface area contributed by atoms with E-state index in [9.17, 15) is 9.59 Å². The summed E-state index contributed by atoms with van der Waals surface area (Å²) in [4.78, 5) is 26.5. The second kappa shape index (κ2) is 21.0. The number of carbonyl (C=O) groups is 2. The third-order valence-corrected chi connectivity index (χ3v) is 6.50. The number of hydrogen-bond acceptors (Lipinski definition) is 5. The van der Waals surface area contributed by atoms with Crippen LogP contribution in [0.1, 0.15) is 138 Å². The summed E-state index contributed by atoms with van der Waals surface area (Å²) < 4.78 is 10.9. The van der Waals surface area contributed by atoms with E-state index in [-0.39, 0.29) is 17.5 Å². The quantitative estimate of drug-likeness (QED) is 0.112. The van der Waals surface area contributed by atoms with Gasteiger partial charge >= 0.3 is 11.9 Å². The molecule has 5 heteroatoms. The van der Waals surface area contributed by atoms with Gasteiger partial charge in [-0.25, -0.2) is 0 Å².